The van der Waals surface area contributed by atoms with Gasteiger partial charge < -0.3 is 14.2 Å². The van der Waals surface area contributed by atoms with Crippen LogP contribution in [0.3, 0.4) is 0 Å². The van der Waals surface area contributed by atoms with Gasteiger partial charge in [-0.25, -0.2) is 4.98 Å². The van der Waals surface area contributed by atoms with Crippen LogP contribution in [0.5, 0.6) is 5.75 Å². The Labute approximate surface area is 140 Å². The Morgan fingerprint density at radius 1 is 1.48 bits per heavy atom. The molecule has 1 amide bonds. The Bertz CT molecular complexity index is 686. The Hall–Kier alpha value is -1.95. The summed E-state index contributed by atoms with van der Waals surface area (Å²) in [5, 5.41) is 0.871. The molecular weight excluding hydrogens is 310 g/mol. The third kappa shape index (κ3) is 3.52. The van der Waals surface area contributed by atoms with Crippen molar-refractivity contribution in [3.05, 3.63) is 42.2 Å². The Kier molecular flexibility index (Phi) is 4.91. The zero-order valence-corrected chi connectivity index (χ0v) is 14.3. The largest absolute Gasteiger partial charge is 0.497 e. The number of rotatable bonds is 5. The number of ether oxygens (including phenoxy) is 1. The van der Waals surface area contributed by atoms with Crippen molar-refractivity contribution in [2.45, 2.75) is 24.0 Å². The van der Waals surface area contributed by atoms with Crippen molar-refractivity contribution in [1.82, 2.24) is 14.5 Å². The molecule has 5 nitrogen and oxygen atoms in total. The number of amides is 1. The van der Waals surface area contributed by atoms with Crippen molar-refractivity contribution >= 4 is 17.7 Å². The van der Waals surface area contributed by atoms with E-state index in [9.17, 15) is 4.79 Å². The second-order valence-electron chi connectivity index (χ2n) is 5.63. The molecule has 1 aliphatic heterocycles. The molecule has 122 valence electrons. The summed E-state index contributed by atoms with van der Waals surface area (Å²) in [5.74, 6) is 1.43. The van der Waals surface area contributed by atoms with Gasteiger partial charge in [0.05, 0.1) is 18.9 Å². The maximum Gasteiger partial charge on any atom is 0.233 e. The van der Waals surface area contributed by atoms with Crippen LogP contribution in [0.25, 0.3) is 0 Å². The molecule has 6 heteroatoms. The van der Waals surface area contributed by atoms with Gasteiger partial charge in [0.1, 0.15) is 5.75 Å². The van der Waals surface area contributed by atoms with Gasteiger partial charge in [-0.15, -0.1) is 0 Å². The van der Waals surface area contributed by atoms with E-state index >= 15 is 0 Å². The first-order chi connectivity index (χ1) is 11.2. The van der Waals surface area contributed by atoms with Crippen LogP contribution in [-0.4, -0.2) is 39.8 Å². The molecule has 0 bridgehead atoms. The highest BCUT2D eigenvalue weighted by Gasteiger charge is 2.30. The van der Waals surface area contributed by atoms with E-state index in [1.165, 1.54) is 11.8 Å². The summed E-state index contributed by atoms with van der Waals surface area (Å²) < 4.78 is 7.23. The van der Waals surface area contributed by atoms with Gasteiger partial charge in [0.25, 0.3) is 0 Å². The SMILES string of the molecule is COc1cccc([C@@H]2CCCN2C(=O)CSc2nccn2C)c1. The monoisotopic (exact) mass is 331 g/mol. The van der Waals surface area contributed by atoms with Crippen LogP contribution < -0.4 is 4.74 Å². The first-order valence-electron chi connectivity index (χ1n) is 7.72. The van der Waals surface area contributed by atoms with E-state index in [0.717, 1.165) is 35.9 Å². The summed E-state index contributed by atoms with van der Waals surface area (Å²) >= 11 is 1.49. The number of benzene rings is 1. The summed E-state index contributed by atoms with van der Waals surface area (Å²) in [5.41, 5.74) is 1.15. The number of carbonyl (C=O) groups excluding carboxylic acids is 1. The number of hydrogen-bond donors (Lipinski definition) is 0. The van der Waals surface area contributed by atoms with Gasteiger partial charge in [-0.2, -0.15) is 0 Å². The molecule has 1 aromatic heterocycles. The molecule has 2 heterocycles. The average Bonchev–Trinajstić information content (AvgIpc) is 3.21. The van der Waals surface area contributed by atoms with Crippen molar-refractivity contribution in [2.24, 2.45) is 7.05 Å². The predicted molar refractivity (Wildman–Crippen MR) is 90.6 cm³/mol. The lowest BCUT2D eigenvalue weighted by atomic mass is 10.0. The van der Waals surface area contributed by atoms with Gasteiger partial charge in [0, 0.05) is 26.0 Å². The summed E-state index contributed by atoms with van der Waals surface area (Å²) in [6.45, 7) is 0.821. The third-order valence-electron chi connectivity index (χ3n) is 4.15. The zero-order chi connectivity index (χ0) is 16.2. The molecule has 0 aliphatic carbocycles. The van der Waals surface area contributed by atoms with Crippen LogP contribution in [0.15, 0.2) is 41.8 Å². The summed E-state index contributed by atoms with van der Waals surface area (Å²) in [6, 6.07) is 8.17. The van der Waals surface area contributed by atoms with Gasteiger partial charge >= 0.3 is 0 Å². The molecule has 0 unspecified atom stereocenters. The molecule has 23 heavy (non-hydrogen) atoms. The van der Waals surface area contributed by atoms with Crippen LogP contribution in [0.1, 0.15) is 24.4 Å². The highest BCUT2D eigenvalue weighted by atomic mass is 32.2. The normalized spacial score (nSPS) is 17.5. The summed E-state index contributed by atoms with van der Waals surface area (Å²) in [7, 11) is 3.61. The lowest BCUT2D eigenvalue weighted by Gasteiger charge is -2.25. The van der Waals surface area contributed by atoms with Crippen LogP contribution in [0, 0.1) is 0 Å². The van der Waals surface area contributed by atoms with E-state index < -0.39 is 0 Å². The number of carbonyl (C=O) groups is 1. The molecule has 0 saturated carbocycles. The van der Waals surface area contributed by atoms with Gasteiger partial charge in [-0.3, -0.25) is 4.79 Å². The van der Waals surface area contributed by atoms with Crippen molar-refractivity contribution in [3.63, 3.8) is 0 Å². The maximum absolute atomic E-state index is 12.6. The minimum absolute atomic E-state index is 0.152. The highest BCUT2D eigenvalue weighted by molar-refractivity contribution is 7.99. The lowest BCUT2D eigenvalue weighted by Crippen LogP contribution is -2.32. The number of aromatic nitrogens is 2. The number of nitrogens with zero attached hydrogens (tertiary/aromatic N) is 3. The van der Waals surface area contributed by atoms with E-state index in [0.29, 0.717) is 5.75 Å². The van der Waals surface area contributed by atoms with Crippen molar-refractivity contribution in [1.29, 1.82) is 0 Å². The average molecular weight is 331 g/mol. The molecule has 0 radical (unpaired) electrons. The number of methoxy groups -OCH3 is 1. The van der Waals surface area contributed by atoms with Crippen LogP contribution in [0.4, 0.5) is 0 Å². The Balaban J connectivity index is 1.68. The van der Waals surface area contributed by atoms with E-state index in [2.05, 4.69) is 11.1 Å². The second kappa shape index (κ2) is 7.08. The fourth-order valence-corrected chi connectivity index (χ4v) is 3.78. The Morgan fingerprint density at radius 2 is 2.35 bits per heavy atom. The molecule has 2 aromatic rings. The first-order valence-corrected chi connectivity index (χ1v) is 8.71. The fourth-order valence-electron chi connectivity index (χ4n) is 2.96. The molecule has 1 aliphatic rings. The quantitative estimate of drug-likeness (QED) is 0.791. The minimum Gasteiger partial charge on any atom is -0.497 e. The topological polar surface area (TPSA) is 47.4 Å². The second-order valence-corrected chi connectivity index (χ2v) is 6.57. The van der Waals surface area contributed by atoms with E-state index in [1.807, 2.05) is 40.9 Å². The molecule has 1 fully saturated rings. The van der Waals surface area contributed by atoms with E-state index in [4.69, 9.17) is 4.74 Å². The molecular formula is C17H21N3O2S. The van der Waals surface area contributed by atoms with E-state index in [-0.39, 0.29) is 11.9 Å². The fraction of sp³-hybridized carbons (Fsp3) is 0.412. The lowest BCUT2D eigenvalue weighted by molar-refractivity contribution is -0.129. The predicted octanol–water partition coefficient (Wildman–Crippen LogP) is 2.88. The molecule has 3 rings (SSSR count). The van der Waals surface area contributed by atoms with Crippen molar-refractivity contribution < 1.29 is 9.53 Å². The zero-order valence-electron chi connectivity index (χ0n) is 13.4. The van der Waals surface area contributed by atoms with Gasteiger partial charge in [0.2, 0.25) is 5.91 Å². The van der Waals surface area contributed by atoms with Gasteiger partial charge in [-0.05, 0) is 30.5 Å². The summed E-state index contributed by atoms with van der Waals surface area (Å²) in [6.07, 6.45) is 5.69. The number of thioether (sulfide) groups is 1. The smallest absolute Gasteiger partial charge is 0.233 e. The van der Waals surface area contributed by atoms with Crippen LogP contribution in [0.2, 0.25) is 0 Å². The van der Waals surface area contributed by atoms with Crippen LogP contribution >= 0.6 is 11.8 Å². The Morgan fingerprint density at radius 3 is 3.09 bits per heavy atom. The van der Waals surface area contributed by atoms with Gasteiger partial charge in [-0.1, -0.05) is 23.9 Å². The minimum atomic E-state index is 0.152. The summed E-state index contributed by atoms with van der Waals surface area (Å²) in [4.78, 5) is 18.9. The highest BCUT2D eigenvalue weighted by Crippen LogP contribution is 2.34. The molecule has 1 saturated heterocycles. The molecule has 1 aromatic carbocycles. The number of aryl methyl sites for hydroxylation is 1. The van der Waals surface area contributed by atoms with Crippen LogP contribution in [-0.2, 0) is 11.8 Å². The van der Waals surface area contributed by atoms with Gasteiger partial charge in [0.15, 0.2) is 5.16 Å². The van der Waals surface area contributed by atoms with Crippen molar-refractivity contribution in [3.8, 4) is 5.75 Å². The molecule has 0 spiro atoms. The first kappa shape index (κ1) is 15.9. The number of imidazole rings is 1. The van der Waals surface area contributed by atoms with E-state index in [1.54, 1.807) is 13.3 Å². The van der Waals surface area contributed by atoms with Crippen molar-refractivity contribution in [2.75, 3.05) is 19.4 Å². The number of hydrogen-bond acceptors (Lipinski definition) is 4. The number of likely N-dealkylation sites (tertiary alicyclic amines) is 1. The standard InChI is InChI=1S/C17H21N3O2S/c1-19-10-8-18-17(19)23-12-16(21)20-9-4-7-15(20)13-5-3-6-14(11-13)22-2/h3,5-6,8,10-11,15H,4,7,9,12H2,1-2H3/t15-/m0/s1. The third-order valence-corrected chi connectivity index (χ3v) is 5.20. The molecule has 0 N–H and O–H groups in total. The maximum atomic E-state index is 12.6. The molecule has 1 atom stereocenters.